The van der Waals surface area contributed by atoms with Gasteiger partial charge in [-0.15, -0.1) is 5.10 Å². The quantitative estimate of drug-likeness (QED) is 0.299. The van der Waals surface area contributed by atoms with Crippen LogP contribution in [0.4, 0.5) is 0 Å². The van der Waals surface area contributed by atoms with Crippen molar-refractivity contribution in [2.75, 3.05) is 27.9 Å². The van der Waals surface area contributed by atoms with Gasteiger partial charge in [-0.1, -0.05) is 13.0 Å². The molecular weight excluding hydrogens is 484 g/mol. The molecule has 0 aliphatic carbocycles. The van der Waals surface area contributed by atoms with E-state index in [0.717, 1.165) is 35.1 Å². The average Bonchev–Trinajstić information content (AvgIpc) is 3.40. The summed E-state index contributed by atoms with van der Waals surface area (Å²) >= 11 is 0. The van der Waals surface area contributed by atoms with Crippen LogP contribution in [0.1, 0.15) is 44.1 Å². The van der Waals surface area contributed by atoms with Crippen LogP contribution >= 0.6 is 0 Å². The number of ether oxygens (including phenoxy) is 3. The molecule has 10 heteroatoms. The first-order valence-corrected chi connectivity index (χ1v) is 12.7. The Morgan fingerprint density at radius 2 is 1.76 bits per heavy atom. The van der Waals surface area contributed by atoms with Crippen LogP contribution in [-0.4, -0.2) is 58.0 Å². The number of benzene rings is 2. The third-order valence-electron chi connectivity index (χ3n) is 7.03. The normalized spacial score (nSPS) is 11.8. The van der Waals surface area contributed by atoms with Gasteiger partial charge in [-0.3, -0.25) is 9.69 Å². The molecule has 2 aromatic heterocycles. The summed E-state index contributed by atoms with van der Waals surface area (Å²) in [5.41, 5.74) is 2.15. The smallest absolute Gasteiger partial charge is 0.252 e. The van der Waals surface area contributed by atoms with Gasteiger partial charge in [0.2, 0.25) is 0 Å². The first-order chi connectivity index (χ1) is 18.3. The van der Waals surface area contributed by atoms with Crippen molar-refractivity contribution in [3.8, 4) is 17.2 Å². The van der Waals surface area contributed by atoms with E-state index in [1.807, 2.05) is 47.1 Å². The van der Waals surface area contributed by atoms with E-state index >= 15 is 0 Å². The van der Waals surface area contributed by atoms with Crippen LogP contribution in [0.5, 0.6) is 17.2 Å². The van der Waals surface area contributed by atoms with E-state index in [1.54, 1.807) is 21.3 Å². The molecule has 4 rings (SSSR count). The van der Waals surface area contributed by atoms with Crippen molar-refractivity contribution < 1.29 is 14.2 Å². The third-order valence-corrected chi connectivity index (χ3v) is 7.03. The number of nitrogens with zero attached hydrogens (tertiary/aromatic N) is 5. The highest BCUT2D eigenvalue weighted by Crippen LogP contribution is 2.28. The molecule has 0 amide bonds. The van der Waals surface area contributed by atoms with Crippen molar-refractivity contribution in [2.45, 2.75) is 52.2 Å². The van der Waals surface area contributed by atoms with E-state index in [4.69, 9.17) is 14.2 Å². The SMILES string of the molecule is CCC(C)(C)n1nnnc1CN(CCc1ccc(OC)c(OC)c1)Cc1cc2ccc(OC)cc2[nH]c1=O. The molecule has 0 radical (unpaired) electrons. The largest absolute Gasteiger partial charge is 0.497 e. The molecule has 4 aromatic rings. The molecule has 0 saturated heterocycles. The Morgan fingerprint density at radius 1 is 0.974 bits per heavy atom. The summed E-state index contributed by atoms with van der Waals surface area (Å²) < 4.78 is 18.0. The minimum atomic E-state index is -0.229. The maximum absolute atomic E-state index is 13.1. The summed E-state index contributed by atoms with van der Waals surface area (Å²) in [6.07, 6.45) is 1.62. The predicted octanol–water partition coefficient (Wildman–Crippen LogP) is 3.93. The molecule has 2 aromatic carbocycles. The Labute approximate surface area is 222 Å². The van der Waals surface area contributed by atoms with E-state index in [9.17, 15) is 4.79 Å². The number of hydrogen-bond acceptors (Lipinski definition) is 8. The van der Waals surface area contributed by atoms with Gasteiger partial charge in [0.05, 0.1) is 38.9 Å². The molecular formula is C28H36N6O4. The number of H-pyrrole nitrogens is 1. The monoisotopic (exact) mass is 520 g/mol. The topological polar surface area (TPSA) is 107 Å². The molecule has 0 aliphatic rings. The van der Waals surface area contributed by atoms with Crippen molar-refractivity contribution in [1.82, 2.24) is 30.1 Å². The lowest BCUT2D eigenvalue weighted by atomic mass is 10.0. The van der Waals surface area contributed by atoms with Crippen LogP contribution in [0, 0.1) is 0 Å². The lowest BCUT2D eigenvalue weighted by Crippen LogP contribution is -2.33. The van der Waals surface area contributed by atoms with Gasteiger partial charge in [0.1, 0.15) is 5.75 Å². The summed E-state index contributed by atoms with van der Waals surface area (Å²) in [7, 11) is 4.86. The number of rotatable bonds is 12. The van der Waals surface area contributed by atoms with E-state index in [-0.39, 0.29) is 11.1 Å². The van der Waals surface area contributed by atoms with Crippen LogP contribution in [0.25, 0.3) is 10.9 Å². The van der Waals surface area contributed by atoms with Crippen LogP contribution in [0.15, 0.2) is 47.3 Å². The van der Waals surface area contributed by atoms with Gasteiger partial charge in [0, 0.05) is 24.7 Å². The van der Waals surface area contributed by atoms with Crippen molar-refractivity contribution in [2.24, 2.45) is 0 Å². The van der Waals surface area contributed by atoms with Gasteiger partial charge in [-0.25, -0.2) is 4.68 Å². The van der Waals surface area contributed by atoms with E-state index < -0.39 is 0 Å². The summed E-state index contributed by atoms with van der Waals surface area (Å²) in [4.78, 5) is 18.3. The second kappa shape index (κ2) is 11.6. The Hall–Kier alpha value is -3.92. The van der Waals surface area contributed by atoms with Gasteiger partial charge < -0.3 is 19.2 Å². The highest BCUT2D eigenvalue weighted by molar-refractivity contribution is 5.80. The Kier molecular flexibility index (Phi) is 8.31. The number of nitrogens with one attached hydrogen (secondary N) is 1. The zero-order chi connectivity index (χ0) is 27.3. The lowest BCUT2D eigenvalue weighted by Gasteiger charge is -2.27. The Balaban J connectivity index is 1.63. The number of fused-ring (bicyclic) bond motifs is 1. The van der Waals surface area contributed by atoms with Crippen LogP contribution in [0.3, 0.4) is 0 Å². The predicted molar refractivity (Wildman–Crippen MR) is 146 cm³/mol. The summed E-state index contributed by atoms with van der Waals surface area (Å²) in [5.74, 6) is 2.83. The zero-order valence-electron chi connectivity index (χ0n) is 22.9. The van der Waals surface area contributed by atoms with E-state index in [0.29, 0.717) is 42.4 Å². The minimum Gasteiger partial charge on any atom is -0.497 e. The molecule has 2 heterocycles. The van der Waals surface area contributed by atoms with Crippen molar-refractivity contribution in [1.29, 1.82) is 0 Å². The molecule has 0 aliphatic heterocycles. The summed E-state index contributed by atoms with van der Waals surface area (Å²) in [6.45, 7) is 7.94. The van der Waals surface area contributed by atoms with Crippen LogP contribution in [-0.2, 0) is 25.0 Å². The molecule has 0 unspecified atom stereocenters. The molecule has 38 heavy (non-hydrogen) atoms. The number of tetrazole rings is 1. The molecule has 202 valence electrons. The molecule has 1 N–H and O–H groups in total. The minimum absolute atomic E-state index is 0.129. The molecule has 0 spiro atoms. The number of aromatic amines is 1. The fourth-order valence-electron chi connectivity index (χ4n) is 4.37. The van der Waals surface area contributed by atoms with Crippen molar-refractivity contribution in [3.63, 3.8) is 0 Å². The van der Waals surface area contributed by atoms with Gasteiger partial charge in [-0.05, 0) is 78.4 Å². The average molecular weight is 521 g/mol. The fourth-order valence-corrected chi connectivity index (χ4v) is 4.37. The molecule has 10 nitrogen and oxygen atoms in total. The summed E-state index contributed by atoms with van der Waals surface area (Å²) in [6, 6.07) is 13.5. The van der Waals surface area contributed by atoms with Crippen LogP contribution < -0.4 is 19.8 Å². The fraction of sp³-hybridized carbons (Fsp3) is 0.429. The molecule has 0 fully saturated rings. The Bertz CT molecular complexity index is 1450. The highest BCUT2D eigenvalue weighted by Gasteiger charge is 2.25. The standard InChI is InChI=1S/C28H36N6O4/c1-7-28(2,3)34-26(30-31-32-34)18-33(13-12-19-8-11-24(37-5)25(14-19)38-6)17-21-15-20-9-10-22(36-4)16-23(20)29-27(21)35/h8-11,14-16H,7,12-13,17-18H2,1-6H3,(H,29,35). The van der Waals surface area contributed by atoms with E-state index in [2.05, 4.69) is 46.2 Å². The molecule has 0 bridgehead atoms. The maximum atomic E-state index is 13.1. The van der Waals surface area contributed by atoms with Crippen molar-refractivity contribution in [3.05, 3.63) is 69.8 Å². The first-order valence-electron chi connectivity index (χ1n) is 12.7. The number of methoxy groups -OCH3 is 3. The number of aromatic nitrogens is 5. The third kappa shape index (κ3) is 5.96. The highest BCUT2D eigenvalue weighted by atomic mass is 16.5. The maximum Gasteiger partial charge on any atom is 0.252 e. The zero-order valence-corrected chi connectivity index (χ0v) is 22.9. The molecule has 0 saturated carbocycles. The lowest BCUT2D eigenvalue weighted by molar-refractivity contribution is 0.225. The second-order valence-electron chi connectivity index (χ2n) is 9.90. The van der Waals surface area contributed by atoms with Gasteiger partial charge >= 0.3 is 0 Å². The number of hydrogen-bond donors (Lipinski definition) is 1. The van der Waals surface area contributed by atoms with Gasteiger partial charge in [0.25, 0.3) is 5.56 Å². The van der Waals surface area contributed by atoms with E-state index in [1.165, 1.54) is 0 Å². The van der Waals surface area contributed by atoms with Crippen molar-refractivity contribution >= 4 is 10.9 Å². The Morgan fingerprint density at radius 3 is 2.47 bits per heavy atom. The summed E-state index contributed by atoms with van der Waals surface area (Å²) in [5, 5.41) is 13.5. The van der Waals surface area contributed by atoms with Gasteiger partial charge in [0.15, 0.2) is 17.3 Å². The first kappa shape index (κ1) is 27.1. The van der Waals surface area contributed by atoms with Crippen LogP contribution in [0.2, 0.25) is 0 Å². The number of pyridine rings is 1. The molecule has 0 atom stereocenters. The second-order valence-corrected chi connectivity index (χ2v) is 9.90. The van der Waals surface area contributed by atoms with Gasteiger partial charge in [-0.2, -0.15) is 0 Å².